The van der Waals surface area contributed by atoms with Crippen LogP contribution in [-0.2, 0) is 9.59 Å². The summed E-state index contributed by atoms with van der Waals surface area (Å²) >= 11 is 1.44. The van der Waals surface area contributed by atoms with Gasteiger partial charge in [-0.15, -0.1) is 11.8 Å². The number of nitrogens with one attached hydrogen (secondary N) is 1. The van der Waals surface area contributed by atoms with Crippen molar-refractivity contribution in [1.82, 2.24) is 5.32 Å². The van der Waals surface area contributed by atoms with E-state index in [4.69, 9.17) is 0 Å². The van der Waals surface area contributed by atoms with E-state index in [9.17, 15) is 9.59 Å². The molecule has 0 unspecified atom stereocenters. The molecule has 2 aromatic carbocycles. The summed E-state index contributed by atoms with van der Waals surface area (Å²) < 4.78 is 0. The fourth-order valence-electron chi connectivity index (χ4n) is 2.13. The first kappa shape index (κ1) is 15.3. The number of amides is 2. The van der Waals surface area contributed by atoms with Gasteiger partial charge in [0.05, 0.1) is 17.9 Å². The Bertz CT molecular complexity index is 732. The van der Waals surface area contributed by atoms with Gasteiger partial charge in [0.15, 0.2) is 0 Å². The maximum absolute atomic E-state index is 12.0. The highest BCUT2D eigenvalue weighted by Crippen LogP contribution is 2.20. The topological polar surface area (TPSA) is 61.8 Å². The summed E-state index contributed by atoms with van der Waals surface area (Å²) in [4.78, 5) is 25.0. The first-order chi connectivity index (χ1) is 11.2. The number of para-hydroxylation sites is 1. The third-order valence-electron chi connectivity index (χ3n) is 3.17. The molecule has 2 amide bonds. The summed E-state index contributed by atoms with van der Waals surface area (Å²) in [7, 11) is 0. The Balaban J connectivity index is 1.58. The second kappa shape index (κ2) is 7.11. The molecule has 1 aliphatic heterocycles. The molecule has 0 aliphatic carbocycles. The van der Waals surface area contributed by atoms with Crippen LogP contribution in [0.3, 0.4) is 0 Å². The number of nitrogens with zero attached hydrogens (tertiary/aromatic N) is 2. The quantitative estimate of drug-likeness (QED) is 0.879. The highest BCUT2D eigenvalue weighted by molar-refractivity contribution is 8.00. The minimum atomic E-state index is -0.166. The maximum atomic E-state index is 12.0. The Morgan fingerprint density at radius 1 is 1.09 bits per heavy atom. The van der Waals surface area contributed by atoms with Gasteiger partial charge in [-0.3, -0.25) is 9.59 Å². The Hall–Kier alpha value is -2.60. The van der Waals surface area contributed by atoms with Crippen LogP contribution in [0.5, 0.6) is 0 Å². The van der Waals surface area contributed by atoms with Crippen molar-refractivity contribution in [3.05, 3.63) is 60.7 Å². The SMILES string of the molecule is O=C(CSc1ccccc1)NC1=NN(c2ccccc2)C(=O)C1. The number of hydrazone groups is 1. The van der Waals surface area contributed by atoms with Gasteiger partial charge in [0.1, 0.15) is 5.84 Å². The molecule has 6 heteroatoms. The van der Waals surface area contributed by atoms with Crippen molar-refractivity contribution in [3.63, 3.8) is 0 Å². The average molecular weight is 325 g/mol. The lowest BCUT2D eigenvalue weighted by atomic mass is 10.3. The summed E-state index contributed by atoms with van der Waals surface area (Å²) in [5, 5.41) is 8.22. The highest BCUT2D eigenvalue weighted by Gasteiger charge is 2.26. The lowest BCUT2D eigenvalue weighted by Crippen LogP contribution is -2.31. The minimum absolute atomic E-state index is 0.108. The van der Waals surface area contributed by atoms with Gasteiger partial charge in [0.25, 0.3) is 5.91 Å². The van der Waals surface area contributed by atoms with Crippen LogP contribution >= 0.6 is 11.8 Å². The number of carbonyl (C=O) groups excluding carboxylic acids is 2. The third-order valence-corrected chi connectivity index (χ3v) is 4.19. The molecule has 3 rings (SSSR count). The molecule has 0 aromatic heterocycles. The van der Waals surface area contributed by atoms with Crippen LogP contribution in [0.1, 0.15) is 6.42 Å². The van der Waals surface area contributed by atoms with Crippen molar-refractivity contribution in [3.8, 4) is 0 Å². The number of rotatable bonds is 4. The predicted octanol–water partition coefficient (Wildman–Crippen LogP) is 2.65. The molecule has 0 fully saturated rings. The van der Waals surface area contributed by atoms with Crippen molar-refractivity contribution in [1.29, 1.82) is 0 Å². The van der Waals surface area contributed by atoms with E-state index in [0.717, 1.165) is 4.90 Å². The average Bonchev–Trinajstić information content (AvgIpc) is 2.95. The molecular formula is C17H15N3O2S. The number of anilines is 1. The Morgan fingerprint density at radius 3 is 2.43 bits per heavy atom. The number of carbonyl (C=O) groups is 2. The molecule has 23 heavy (non-hydrogen) atoms. The maximum Gasteiger partial charge on any atom is 0.255 e. The molecular weight excluding hydrogens is 310 g/mol. The van der Waals surface area contributed by atoms with Gasteiger partial charge in [-0.25, -0.2) is 0 Å². The second-order valence-corrected chi connectivity index (χ2v) is 5.96. The zero-order valence-corrected chi connectivity index (χ0v) is 13.1. The van der Waals surface area contributed by atoms with Crippen LogP contribution < -0.4 is 10.3 Å². The van der Waals surface area contributed by atoms with Gasteiger partial charge in [-0.05, 0) is 24.3 Å². The van der Waals surface area contributed by atoms with Gasteiger partial charge < -0.3 is 5.32 Å². The summed E-state index contributed by atoms with van der Waals surface area (Å²) in [6, 6.07) is 18.8. The summed E-state index contributed by atoms with van der Waals surface area (Å²) in [6.07, 6.45) is 0.108. The van der Waals surface area contributed by atoms with E-state index in [-0.39, 0.29) is 24.0 Å². The molecule has 1 heterocycles. The van der Waals surface area contributed by atoms with Crippen LogP contribution in [0.25, 0.3) is 0 Å². The van der Waals surface area contributed by atoms with E-state index >= 15 is 0 Å². The third kappa shape index (κ3) is 3.98. The molecule has 2 aromatic rings. The van der Waals surface area contributed by atoms with Crippen LogP contribution in [0, 0.1) is 0 Å². The largest absolute Gasteiger partial charge is 0.312 e. The summed E-state index contributed by atoms with van der Waals surface area (Å²) in [6.45, 7) is 0. The Labute approximate surface area is 138 Å². The number of amidine groups is 1. The van der Waals surface area contributed by atoms with Crippen molar-refractivity contribution in [2.75, 3.05) is 10.8 Å². The highest BCUT2D eigenvalue weighted by atomic mass is 32.2. The predicted molar refractivity (Wildman–Crippen MR) is 91.3 cm³/mol. The molecule has 116 valence electrons. The number of hydrogen-bond donors (Lipinski definition) is 1. The molecule has 5 nitrogen and oxygen atoms in total. The van der Waals surface area contributed by atoms with Crippen molar-refractivity contribution in [2.45, 2.75) is 11.3 Å². The molecule has 0 radical (unpaired) electrons. The van der Waals surface area contributed by atoms with Crippen molar-refractivity contribution >= 4 is 35.1 Å². The number of benzene rings is 2. The molecule has 0 atom stereocenters. The van der Waals surface area contributed by atoms with Gasteiger partial charge in [-0.2, -0.15) is 10.1 Å². The van der Waals surface area contributed by atoms with Gasteiger partial charge >= 0.3 is 0 Å². The summed E-state index contributed by atoms with van der Waals surface area (Å²) in [5.74, 6) is 0.350. The molecule has 0 spiro atoms. The monoisotopic (exact) mass is 325 g/mol. The van der Waals surface area contributed by atoms with Crippen LogP contribution in [0.15, 0.2) is 70.7 Å². The lowest BCUT2D eigenvalue weighted by molar-refractivity contribution is -0.117. The molecule has 0 saturated heterocycles. The van der Waals surface area contributed by atoms with E-state index in [0.29, 0.717) is 11.5 Å². The van der Waals surface area contributed by atoms with E-state index in [1.807, 2.05) is 48.5 Å². The first-order valence-electron chi connectivity index (χ1n) is 7.15. The van der Waals surface area contributed by atoms with E-state index < -0.39 is 0 Å². The van der Waals surface area contributed by atoms with E-state index in [2.05, 4.69) is 10.4 Å². The van der Waals surface area contributed by atoms with Crippen molar-refractivity contribution in [2.24, 2.45) is 5.10 Å². The van der Waals surface area contributed by atoms with Crippen LogP contribution in [0.2, 0.25) is 0 Å². The molecule has 0 saturated carbocycles. The van der Waals surface area contributed by atoms with Gasteiger partial charge in [0.2, 0.25) is 5.91 Å². The fraction of sp³-hybridized carbons (Fsp3) is 0.118. The zero-order chi connectivity index (χ0) is 16.1. The minimum Gasteiger partial charge on any atom is -0.312 e. The zero-order valence-electron chi connectivity index (χ0n) is 12.3. The van der Waals surface area contributed by atoms with Gasteiger partial charge in [0, 0.05) is 4.90 Å². The molecule has 1 N–H and O–H groups in total. The van der Waals surface area contributed by atoms with Gasteiger partial charge in [-0.1, -0.05) is 36.4 Å². The van der Waals surface area contributed by atoms with Crippen molar-refractivity contribution < 1.29 is 9.59 Å². The smallest absolute Gasteiger partial charge is 0.255 e. The normalized spacial score (nSPS) is 13.8. The van der Waals surface area contributed by atoms with Crippen LogP contribution in [-0.4, -0.2) is 23.4 Å². The Morgan fingerprint density at radius 2 is 1.74 bits per heavy atom. The van der Waals surface area contributed by atoms with Crippen LogP contribution in [0.4, 0.5) is 5.69 Å². The Kier molecular flexibility index (Phi) is 4.73. The summed E-state index contributed by atoms with van der Waals surface area (Å²) in [5.41, 5.74) is 0.695. The number of thioether (sulfide) groups is 1. The lowest BCUT2D eigenvalue weighted by Gasteiger charge is -2.10. The standard InChI is InChI=1S/C17H15N3O2S/c21-16(12-23-14-9-5-2-6-10-14)18-15-11-17(22)20(19-15)13-7-3-1-4-8-13/h1-10H,11-12H2,(H,18,19,21). The van der Waals surface area contributed by atoms with E-state index in [1.165, 1.54) is 16.8 Å². The first-order valence-corrected chi connectivity index (χ1v) is 8.14. The van der Waals surface area contributed by atoms with E-state index in [1.54, 1.807) is 12.1 Å². The number of hydrogen-bond acceptors (Lipinski definition) is 4. The second-order valence-electron chi connectivity index (χ2n) is 4.91. The molecule has 0 bridgehead atoms. The fourth-order valence-corrected chi connectivity index (χ4v) is 2.85. The molecule has 1 aliphatic rings.